The van der Waals surface area contributed by atoms with Gasteiger partial charge in [-0.3, -0.25) is 0 Å². The molecule has 1 aliphatic rings. The van der Waals surface area contributed by atoms with E-state index in [1.54, 1.807) is 0 Å². The largest absolute Gasteiger partial charge is 0.398 e. The molecule has 0 spiro atoms. The average Bonchev–Trinajstić information content (AvgIpc) is 2.78. The molecule has 1 aromatic heterocycles. The topological polar surface area (TPSA) is 69.6 Å². The van der Waals surface area contributed by atoms with Crippen LogP contribution in [0.2, 0.25) is 0 Å². The van der Waals surface area contributed by atoms with Gasteiger partial charge in [-0.05, 0) is 55.2 Å². The van der Waals surface area contributed by atoms with Crippen molar-refractivity contribution in [3.63, 3.8) is 0 Å². The summed E-state index contributed by atoms with van der Waals surface area (Å²) in [4.78, 5) is 0. The number of aromatic nitrogens is 4. The normalized spacial score (nSPS) is 17.2. The molecule has 1 aromatic carbocycles. The van der Waals surface area contributed by atoms with Crippen molar-refractivity contribution in [2.45, 2.75) is 39.2 Å². The highest BCUT2D eigenvalue weighted by atomic mass is 15.5. The molecule has 5 nitrogen and oxygen atoms in total. The van der Waals surface area contributed by atoms with Gasteiger partial charge in [0.1, 0.15) is 0 Å². The molecule has 2 aromatic rings. The molecule has 0 bridgehead atoms. The number of nitrogens with zero attached hydrogens (tertiary/aromatic N) is 4. The fourth-order valence-corrected chi connectivity index (χ4v) is 2.63. The molecule has 1 fully saturated rings. The fraction of sp³-hybridized carbons (Fsp3) is 0.500. The first kappa shape index (κ1) is 12.1. The van der Waals surface area contributed by atoms with Crippen molar-refractivity contribution in [1.82, 2.24) is 20.2 Å². The van der Waals surface area contributed by atoms with E-state index in [4.69, 9.17) is 5.73 Å². The summed E-state index contributed by atoms with van der Waals surface area (Å²) in [5, 5.41) is 12.2. The third-order valence-corrected chi connectivity index (χ3v) is 4.16. The van der Waals surface area contributed by atoms with Crippen LogP contribution in [0.3, 0.4) is 0 Å². The highest BCUT2D eigenvalue weighted by Gasteiger charge is 2.28. The van der Waals surface area contributed by atoms with E-state index in [0.717, 1.165) is 22.6 Å². The van der Waals surface area contributed by atoms with Crippen molar-refractivity contribution in [1.29, 1.82) is 0 Å². The predicted molar refractivity (Wildman–Crippen MR) is 74.5 cm³/mol. The van der Waals surface area contributed by atoms with Gasteiger partial charge in [-0.15, -0.1) is 5.10 Å². The predicted octanol–water partition coefficient (Wildman–Crippen LogP) is 2.59. The molecule has 1 aliphatic carbocycles. The van der Waals surface area contributed by atoms with E-state index in [9.17, 15) is 0 Å². The Labute approximate surface area is 112 Å². The van der Waals surface area contributed by atoms with Gasteiger partial charge in [0.25, 0.3) is 0 Å². The average molecular weight is 257 g/mol. The maximum atomic E-state index is 6.06. The molecular formula is C14H19N5. The monoisotopic (exact) mass is 257 g/mol. The summed E-state index contributed by atoms with van der Waals surface area (Å²) in [6.45, 7) is 4.24. The minimum atomic E-state index is 0.332. The minimum absolute atomic E-state index is 0.332. The summed E-state index contributed by atoms with van der Waals surface area (Å²) in [7, 11) is 0. The molecule has 1 saturated carbocycles. The number of tetrazole rings is 1. The highest BCUT2D eigenvalue weighted by Crippen LogP contribution is 2.37. The molecule has 1 atom stereocenters. The molecule has 0 radical (unpaired) electrons. The second-order valence-electron chi connectivity index (χ2n) is 5.47. The van der Waals surface area contributed by atoms with Crippen LogP contribution in [-0.2, 0) is 0 Å². The summed E-state index contributed by atoms with van der Waals surface area (Å²) in [5.41, 5.74) is 8.88. The van der Waals surface area contributed by atoms with Gasteiger partial charge < -0.3 is 5.73 Å². The lowest BCUT2D eigenvalue weighted by molar-refractivity contribution is 0.210. The van der Waals surface area contributed by atoms with Crippen LogP contribution in [0.1, 0.15) is 37.8 Å². The number of anilines is 1. The van der Waals surface area contributed by atoms with Crippen LogP contribution in [0.25, 0.3) is 11.4 Å². The number of nitrogens with two attached hydrogens (primary N) is 1. The Morgan fingerprint density at radius 2 is 2.16 bits per heavy atom. The summed E-state index contributed by atoms with van der Waals surface area (Å²) >= 11 is 0. The number of hydrogen-bond donors (Lipinski definition) is 1. The van der Waals surface area contributed by atoms with Gasteiger partial charge >= 0.3 is 0 Å². The third kappa shape index (κ3) is 2.09. The van der Waals surface area contributed by atoms with Crippen LogP contribution in [0.15, 0.2) is 18.2 Å². The molecule has 5 heteroatoms. The van der Waals surface area contributed by atoms with Crippen LogP contribution < -0.4 is 5.73 Å². The van der Waals surface area contributed by atoms with Crippen molar-refractivity contribution in [2.75, 3.05) is 5.73 Å². The summed E-state index contributed by atoms with van der Waals surface area (Å²) in [6.07, 6.45) is 3.85. The van der Waals surface area contributed by atoms with Crippen molar-refractivity contribution in [3.8, 4) is 11.4 Å². The second kappa shape index (κ2) is 4.64. The Kier molecular flexibility index (Phi) is 2.97. The molecule has 0 aliphatic heterocycles. The maximum absolute atomic E-state index is 6.06. The quantitative estimate of drug-likeness (QED) is 0.858. The van der Waals surface area contributed by atoms with E-state index in [1.165, 1.54) is 19.3 Å². The van der Waals surface area contributed by atoms with Crippen molar-refractivity contribution in [3.05, 3.63) is 23.8 Å². The SMILES string of the molecule is Cc1ccc(N)c(-c2nnnn2C(C)C2CCC2)c1. The van der Waals surface area contributed by atoms with Gasteiger partial charge in [0.05, 0.1) is 6.04 Å². The molecule has 0 saturated heterocycles. The second-order valence-corrected chi connectivity index (χ2v) is 5.47. The van der Waals surface area contributed by atoms with Crippen LogP contribution in [-0.4, -0.2) is 20.2 Å². The van der Waals surface area contributed by atoms with E-state index >= 15 is 0 Å². The van der Waals surface area contributed by atoms with E-state index < -0.39 is 0 Å². The molecule has 1 unspecified atom stereocenters. The van der Waals surface area contributed by atoms with Crippen LogP contribution >= 0.6 is 0 Å². The van der Waals surface area contributed by atoms with E-state index in [2.05, 4.69) is 22.4 Å². The lowest BCUT2D eigenvalue weighted by atomic mass is 9.80. The Bertz CT molecular complexity index is 585. The van der Waals surface area contributed by atoms with Crippen LogP contribution in [0, 0.1) is 12.8 Å². The Morgan fingerprint density at radius 1 is 1.37 bits per heavy atom. The zero-order valence-electron chi connectivity index (χ0n) is 11.4. The van der Waals surface area contributed by atoms with E-state index in [1.807, 2.05) is 29.8 Å². The molecule has 19 heavy (non-hydrogen) atoms. The van der Waals surface area contributed by atoms with Crippen molar-refractivity contribution in [2.24, 2.45) is 5.92 Å². The van der Waals surface area contributed by atoms with Gasteiger partial charge in [0.2, 0.25) is 0 Å². The summed E-state index contributed by atoms with van der Waals surface area (Å²) < 4.78 is 1.93. The summed E-state index contributed by atoms with van der Waals surface area (Å²) in [5.74, 6) is 1.47. The van der Waals surface area contributed by atoms with Gasteiger partial charge in [-0.2, -0.15) is 0 Å². The zero-order chi connectivity index (χ0) is 13.4. The van der Waals surface area contributed by atoms with E-state index in [0.29, 0.717) is 12.0 Å². The molecular weight excluding hydrogens is 238 g/mol. The van der Waals surface area contributed by atoms with Gasteiger partial charge in [-0.25, -0.2) is 4.68 Å². The maximum Gasteiger partial charge on any atom is 0.184 e. The molecule has 100 valence electrons. The number of benzene rings is 1. The van der Waals surface area contributed by atoms with Gasteiger partial charge in [-0.1, -0.05) is 18.1 Å². The van der Waals surface area contributed by atoms with Gasteiger partial charge in [0.15, 0.2) is 5.82 Å². The number of rotatable bonds is 3. The van der Waals surface area contributed by atoms with Crippen LogP contribution in [0.5, 0.6) is 0 Å². The first-order chi connectivity index (χ1) is 9.16. The molecule has 0 amide bonds. The standard InChI is InChI=1S/C14H19N5/c1-9-6-7-13(15)12(8-9)14-16-17-18-19(14)10(2)11-4-3-5-11/h6-8,10-11H,3-5,15H2,1-2H3. The lowest BCUT2D eigenvalue weighted by Crippen LogP contribution is -2.24. The Hall–Kier alpha value is -1.91. The Morgan fingerprint density at radius 3 is 2.84 bits per heavy atom. The lowest BCUT2D eigenvalue weighted by Gasteiger charge is -2.31. The van der Waals surface area contributed by atoms with Gasteiger partial charge in [0, 0.05) is 11.3 Å². The number of hydrogen-bond acceptors (Lipinski definition) is 4. The number of aryl methyl sites for hydroxylation is 1. The zero-order valence-corrected chi connectivity index (χ0v) is 11.4. The first-order valence-corrected chi connectivity index (χ1v) is 6.81. The van der Waals surface area contributed by atoms with Crippen molar-refractivity contribution >= 4 is 5.69 Å². The number of nitrogen functional groups attached to an aromatic ring is 1. The Balaban J connectivity index is 2.01. The minimum Gasteiger partial charge on any atom is -0.398 e. The summed E-state index contributed by atoms with van der Waals surface area (Å²) in [6, 6.07) is 6.30. The molecule has 3 rings (SSSR count). The van der Waals surface area contributed by atoms with E-state index in [-0.39, 0.29) is 0 Å². The smallest absolute Gasteiger partial charge is 0.184 e. The first-order valence-electron chi connectivity index (χ1n) is 6.81. The van der Waals surface area contributed by atoms with Crippen molar-refractivity contribution < 1.29 is 0 Å². The highest BCUT2D eigenvalue weighted by molar-refractivity contribution is 5.72. The third-order valence-electron chi connectivity index (χ3n) is 4.16. The molecule has 2 N–H and O–H groups in total. The molecule has 1 heterocycles. The fourth-order valence-electron chi connectivity index (χ4n) is 2.63. The van der Waals surface area contributed by atoms with Crippen LogP contribution in [0.4, 0.5) is 5.69 Å².